The van der Waals surface area contributed by atoms with Gasteiger partial charge in [-0.1, -0.05) is 13.8 Å². The summed E-state index contributed by atoms with van der Waals surface area (Å²) in [6.45, 7) is 12.6. The highest BCUT2D eigenvalue weighted by Crippen LogP contribution is 2.12. The van der Waals surface area contributed by atoms with Crippen molar-refractivity contribution in [2.24, 2.45) is 16.8 Å². The van der Waals surface area contributed by atoms with E-state index in [1.807, 2.05) is 0 Å². The summed E-state index contributed by atoms with van der Waals surface area (Å²) in [6.07, 6.45) is 3.27. The molecule has 0 aromatic carbocycles. The number of aliphatic imine (C=N–C) groups is 1. The zero-order valence-corrected chi connectivity index (χ0v) is 14.0. The van der Waals surface area contributed by atoms with Crippen molar-refractivity contribution in [3.8, 4) is 0 Å². The first-order valence-corrected chi connectivity index (χ1v) is 8.40. The third-order valence-corrected chi connectivity index (χ3v) is 3.45. The van der Waals surface area contributed by atoms with E-state index in [0.717, 1.165) is 71.3 Å². The van der Waals surface area contributed by atoms with Crippen molar-refractivity contribution in [2.45, 2.75) is 40.0 Å². The molecule has 5 nitrogen and oxygen atoms in total. The molecular formula is C16H33N3O2. The molecule has 2 N–H and O–H groups in total. The molecule has 1 saturated heterocycles. The quantitative estimate of drug-likeness (QED) is 0.368. The van der Waals surface area contributed by atoms with Crippen molar-refractivity contribution in [1.82, 2.24) is 10.6 Å². The zero-order valence-electron chi connectivity index (χ0n) is 14.0. The van der Waals surface area contributed by atoms with Crippen molar-refractivity contribution >= 4 is 5.96 Å². The highest BCUT2D eigenvalue weighted by atomic mass is 16.5. The van der Waals surface area contributed by atoms with Crippen LogP contribution >= 0.6 is 0 Å². The number of ether oxygens (including phenoxy) is 2. The van der Waals surface area contributed by atoms with Gasteiger partial charge in [0.1, 0.15) is 0 Å². The van der Waals surface area contributed by atoms with E-state index in [2.05, 4.69) is 36.4 Å². The first-order chi connectivity index (χ1) is 10.2. The Balaban J connectivity index is 2.05. The largest absolute Gasteiger partial charge is 0.381 e. The lowest BCUT2D eigenvalue weighted by Crippen LogP contribution is -2.38. The number of hydrogen-bond donors (Lipinski definition) is 2. The minimum Gasteiger partial charge on any atom is -0.381 e. The minimum absolute atomic E-state index is 0.600. The highest BCUT2D eigenvalue weighted by Gasteiger charge is 2.15. The van der Waals surface area contributed by atoms with Gasteiger partial charge in [-0.25, -0.2) is 0 Å². The average Bonchev–Trinajstić information content (AvgIpc) is 2.95. The van der Waals surface area contributed by atoms with Gasteiger partial charge in [-0.15, -0.1) is 0 Å². The Kier molecular flexibility index (Phi) is 10.3. The van der Waals surface area contributed by atoms with Gasteiger partial charge in [-0.2, -0.15) is 0 Å². The Bertz CT molecular complexity index is 277. The molecule has 0 aliphatic carbocycles. The summed E-state index contributed by atoms with van der Waals surface area (Å²) in [5.74, 6) is 2.24. The molecule has 0 aromatic rings. The van der Waals surface area contributed by atoms with Crippen LogP contribution in [0.2, 0.25) is 0 Å². The van der Waals surface area contributed by atoms with Crippen LogP contribution in [0.3, 0.4) is 0 Å². The van der Waals surface area contributed by atoms with Crippen molar-refractivity contribution in [3.63, 3.8) is 0 Å². The summed E-state index contributed by atoms with van der Waals surface area (Å²) in [5, 5.41) is 6.64. The van der Waals surface area contributed by atoms with E-state index in [1.54, 1.807) is 0 Å². The van der Waals surface area contributed by atoms with Gasteiger partial charge in [-0.05, 0) is 32.1 Å². The van der Waals surface area contributed by atoms with Gasteiger partial charge in [0.25, 0.3) is 0 Å². The molecule has 0 saturated carbocycles. The molecule has 1 unspecified atom stereocenters. The Labute approximate surface area is 129 Å². The summed E-state index contributed by atoms with van der Waals surface area (Å²) in [5.41, 5.74) is 0. The second-order valence-corrected chi connectivity index (χ2v) is 6.03. The fraction of sp³-hybridized carbons (Fsp3) is 0.938. The lowest BCUT2D eigenvalue weighted by Gasteiger charge is -2.12. The van der Waals surface area contributed by atoms with Crippen LogP contribution in [0.5, 0.6) is 0 Å². The average molecular weight is 299 g/mol. The summed E-state index contributed by atoms with van der Waals surface area (Å²) < 4.78 is 11.0. The molecule has 1 aliphatic heterocycles. The molecule has 0 bridgehead atoms. The maximum atomic E-state index is 5.68. The van der Waals surface area contributed by atoms with Crippen LogP contribution in [0, 0.1) is 11.8 Å². The molecule has 5 heteroatoms. The molecule has 0 radical (unpaired) electrons. The topological polar surface area (TPSA) is 54.9 Å². The van der Waals surface area contributed by atoms with Crippen LogP contribution in [0.15, 0.2) is 4.99 Å². The zero-order chi connectivity index (χ0) is 15.3. The van der Waals surface area contributed by atoms with E-state index >= 15 is 0 Å². The smallest absolute Gasteiger partial charge is 0.191 e. The summed E-state index contributed by atoms with van der Waals surface area (Å²) in [6, 6.07) is 0. The predicted molar refractivity (Wildman–Crippen MR) is 87.8 cm³/mol. The molecule has 1 heterocycles. The molecule has 21 heavy (non-hydrogen) atoms. The fourth-order valence-corrected chi connectivity index (χ4v) is 2.14. The van der Waals surface area contributed by atoms with Crippen LogP contribution in [-0.2, 0) is 9.47 Å². The van der Waals surface area contributed by atoms with Crippen molar-refractivity contribution < 1.29 is 9.47 Å². The summed E-state index contributed by atoms with van der Waals surface area (Å²) >= 11 is 0. The molecule has 1 atom stereocenters. The lowest BCUT2D eigenvalue weighted by molar-refractivity contribution is 0.0893. The third kappa shape index (κ3) is 9.69. The molecule has 124 valence electrons. The standard InChI is InChI=1S/C16H33N3O2/c1-4-17-16(19-9-6-14(2)3)18-8-5-10-20-12-15-7-11-21-13-15/h14-15H,4-13H2,1-3H3,(H2,17,18,19). The second-order valence-electron chi connectivity index (χ2n) is 6.03. The normalized spacial score (nSPS) is 19.2. The Morgan fingerprint density at radius 2 is 2.24 bits per heavy atom. The Hall–Kier alpha value is -0.810. The van der Waals surface area contributed by atoms with Crippen LogP contribution in [0.4, 0.5) is 0 Å². The summed E-state index contributed by atoms with van der Waals surface area (Å²) in [4.78, 5) is 4.57. The highest BCUT2D eigenvalue weighted by molar-refractivity contribution is 5.79. The Morgan fingerprint density at radius 3 is 2.90 bits per heavy atom. The van der Waals surface area contributed by atoms with Crippen LogP contribution in [0.25, 0.3) is 0 Å². The van der Waals surface area contributed by atoms with Crippen molar-refractivity contribution in [3.05, 3.63) is 0 Å². The van der Waals surface area contributed by atoms with Crippen LogP contribution in [0.1, 0.15) is 40.0 Å². The number of guanidine groups is 1. The van der Waals surface area contributed by atoms with Crippen LogP contribution in [-0.4, -0.2) is 52.0 Å². The minimum atomic E-state index is 0.600. The van der Waals surface area contributed by atoms with Gasteiger partial charge in [0, 0.05) is 38.8 Å². The summed E-state index contributed by atoms with van der Waals surface area (Å²) in [7, 11) is 0. The van der Waals surface area contributed by atoms with E-state index in [4.69, 9.17) is 9.47 Å². The van der Waals surface area contributed by atoms with E-state index in [-0.39, 0.29) is 0 Å². The molecular weight excluding hydrogens is 266 g/mol. The van der Waals surface area contributed by atoms with Gasteiger partial charge in [0.05, 0.1) is 13.2 Å². The van der Waals surface area contributed by atoms with Crippen molar-refractivity contribution in [2.75, 3.05) is 46.1 Å². The molecule has 1 rings (SSSR count). The van der Waals surface area contributed by atoms with Gasteiger partial charge < -0.3 is 20.1 Å². The number of nitrogens with one attached hydrogen (secondary N) is 2. The first kappa shape index (κ1) is 18.2. The molecule has 0 spiro atoms. The SMILES string of the molecule is CCNC(=NCCCOCC1CCOC1)NCCC(C)C. The monoisotopic (exact) mass is 299 g/mol. The first-order valence-electron chi connectivity index (χ1n) is 8.40. The molecule has 1 fully saturated rings. The van der Waals surface area contributed by atoms with Gasteiger partial charge >= 0.3 is 0 Å². The Morgan fingerprint density at radius 1 is 1.38 bits per heavy atom. The van der Waals surface area contributed by atoms with Gasteiger partial charge in [0.2, 0.25) is 0 Å². The van der Waals surface area contributed by atoms with Crippen LogP contribution < -0.4 is 10.6 Å². The number of nitrogens with zero attached hydrogens (tertiary/aromatic N) is 1. The maximum absolute atomic E-state index is 5.68. The van der Waals surface area contributed by atoms with E-state index in [9.17, 15) is 0 Å². The molecule has 0 amide bonds. The molecule has 1 aliphatic rings. The third-order valence-electron chi connectivity index (χ3n) is 3.45. The lowest BCUT2D eigenvalue weighted by atomic mass is 10.1. The van der Waals surface area contributed by atoms with Gasteiger partial charge in [0.15, 0.2) is 5.96 Å². The predicted octanol–water partition coefficient (Wildman–Crippen LogP) is 2.03. The number of hydrogen-bond acceptors (Lipinski definition) is 3. The van der Waals surface area contributed by atoms with Crippen molar-refractivity contribution in [1.29, 1.82) is 0 Å². The number of rotatable bonds is 10. The molecule has 0 aromatic heterocycles. The van der Waals surface area contributed by atoms with E-state index in [0.29, 0.717) is 11.8 Å². The van der Waals surface area contributed by atoms with Gasteiger partial charge in [-0.3, -0.25) is 4.99 Å². The van der Waals surface area contributed by atoms with E-state index in [1.165, 1.54) is 0 Å². The van der Waals surface area contributed by atoms with E-state index < -0.39 is 0 Å². The second kappa shape index (κ2) is 11.8. The maximum Gasteiger partial charge on any atom is 0.191 e. The fourth-order valence-electron chi connectivity index (χ4n) is 2.14.